The Hall–Kier alpha value is -1.67. The standard InChI is InChI=1S/C16H23N5/c1-3-11-12(10-17)16(20-19-13(11)4-2)18-14-7-9-21-8-5-6-15(14)21/h14-15H,3-9H2,1-2H3,(H,18,20). The SMILES string of the molecule is CCc1nnc(NC2CCN3CCCC23)c(C#N)c1CC. The van der Waals surface area contributed by atoms with Crippen molar-refractivity contribution in [2.75, 3.05) is 18.4 Å². The predicted octanol–water partition coefficient (Wildman–Crippen LogP) is 2.12. The van der Waals surface area contributed by atoms with Gasteiger partial charge in [0.2, 0.25) is 0 Å². The topological polar surface area (TPSA) is 64.8 Å². The second kappa shape index (κ2) is 5.98. The maximum atomic E-state index is 9.54. The van der Waals surface area contributed by atoms with Crippen LogP contribution in [0.2, 0.25) is 0 Å². The number of aromatic nitrogens is 2. The number of nitriles is 1. The number of hydrogen-bond acceptors (Lipinski definition) is 5. The van der Waals surface area contributed by atoms with Crippen LogP contribution >= 0.6 is 0 Å². The van der Waals surface area contributed by atoms with Gasteiger partial charge in [-0.25, -0.2) is 0 Å². The van der Waals surface area contributed by atoms with Crippen molar-refractivity contribution in [3.05, 3.63) is 16.8 Å². The third kappa shape index (κ3) is 2.49. The molecule has 5 nitrogen and oxygen atoms in total. The zero-order chi connectivity index (χ0) is 14.8. The van der Waals surface area contributed by atoms with E-state index in [4.69, 9.17) is 0 Å². The molecule has 21 heavy (non-hydrogen) atoms. The van der Waals surface area contributed by atoms with Crippen LogP contribution in [0, 0.1) is 11.3 Å². The highest BCUT2D eigenvalue weighted by molar-refractivity contribution is 5.57. The first-order valence-electron chi connectivity index (χ1n) is 8.07. The average Bonchev–Trinajstić information content (AvgIpc) is 3.11. The van der Waals surface area contributed by atoms with Gasteiger partial charge in [0.1, 0.15) is 11.6 Å². The van der Waals surface area contributed by atoms with E-state index in [0.717, 1.165) is 37.1 Å². The van der Waals surface area contributed by atoms with Crippen molar-refractivity contribution < 1.29 is 0 Å². The Bertz CT molecular complexity index is 563. The fourth-order valence-electron chi connectivity index (χ4n) is 3.82. The Kier molecular flexibility index (Phi) is 4.07. The molecule has 3 heterocycles. The van der Waals surface area contributed by atoms with Gasteiger partial charge in [0.25, 0.3) is 0 Å². The summed E-state index contributed by atoms with van der Waals surface area (Å²) in [6.45, 7) is 6.51. The molecule has 0 bridgehead atoms. The van der Waals surface area contributed by atoms with Crippen LogP contribution in [0.4, 0.5) is 5.82 Å². The fraction of sp³-hybridized carbons (Fsp3) is 0.688. The molecule has 2 atom stereocenters. The lowest BCUT2D eigenvalue weighted by molar-refractivity contribution is 0.318. The second-order valence-electron chi connectivity index (χ2n) is 5.95. The predicted molar refractivity (Wildman–Crippen MR) is 82.1 cm³/mol. The van der Waals surface area contributed by atoms with Crippen LogP contribution in [0.25, 0.3) is 0 Å². The minimum absolute atomic E-state index is 0.408. The van der Waals surface area contributed by atoms with Gasteiger partial charge >= 0.3 is 0 Å². The van der Waals surface area contributed by atoms with Crippen molar-refractivity contribution in [3.63, 3.8) is 0 Å². The van der Waals surface area contributed by atoms with Crippen LogP contribution in [0.1, 0.15) is 49.9 Å². The van der Waals surface area contributed by atoms with Crippen molar-refractivity contribution >= 4 is 5.82 Å². The monoisotopic (exact) mass is 285 g/mol. The molecular formula is C16H23N5. The highest BCUT2D eigenvalue weighted by Gasteiger charge is 2.37. The van der Waals surface area contributed by atoms with E-state index in [-0.39, 0.29) is 0 Å². The first-order chi connectivity index (χ1) is 10.3. The highest BCUT2D eigenvalue weighted by atomic mass is 15.3. The molecule has 2 aliphatic rings. The van der Waals surface area contributed by atoms with Gasteiger partial charge in [0.15, 0.2) is 5.82 Å². The number of rotatable bonds is 4. The zero-order valence-corrected chi connectivity index (χ0v) is 12.9. The van der Waals surface area contributed by atoms with Crippen molar-refractivity contribution in [1.82, 2.24) is 15.1 Å². The van der Waals surface area contributed by atoms with Crippen molar-refractivity contribution in [2.24, 2.45) is 0 Å². The summed E-state index contributed by atoms with van der Waals surface area (Å²) in [5, 5.41) is 21.7. The van der Waals surface area contributed by atoms with Gasteiger partial charge in [-0.1, -0.05) is 13.8 Å². The van der Waals surface area contributed by atoms with E-state index in [0.29, 0.717) is 23.5 Å². The molecule has 1 N–H and O–H groups in total. The van der Waals surface area contributed by atoms with Crippen molar-refractivity contribution in [1.29, 1.82) is 5.26 Å². The molecule has 1 aromatic heterocycles. The smallest absolute Gasteiger partial charge is 0.167 e. The molecule has 0 aliphatic carbocycles. The summed E-state index contributed by atoms with van der Waals surface area (Å²) in [6, 6.07) is 3.36. The van der Waals surface area contributed by atoms with Crippen LogP contribution in [0.15, 0.2) is 0 Å². The molecular weight excluding hydrogens is 262 g/mol. The van der Waals surface area contributed by atoms with Gasteiger partial charge in [0.05, 0.1) is 5.69 Å². The molecule has 0 saturated carbocycles. The largest absolute Gasteiger partial charge is 0.363 e. The third-order valence-electron chi connectivity index (χ3n) is 4.89. The lowest BCUT2D eigenvalue weighted by Gasteiger charge is -2.22. The molecule has 112 valence electrons. The molecule has 0 radical (unpaired) electrons. The number of anilines is 1. The summed E-state index contributed by atoms with van der Waals surface area (Å²) >= 11 is 0. The van der Waals surface area contributed by atoms with Crippen molar-refractivity contribution in [2.45, 2.75) is 58.0 Å². The second-order valence-corrected chi connectivity index (χ2v) is 5.95. The van der Waals surface area contributed by atoms with Crippen LogP contribution in [-0.4, -0.2) is 40.3 Å². The van der Waals surface area contributed by atoms with Gasteiger partial charge in [-0.15, -0.1) is 5.10 Å². The average molecular weight is 285 g/mol. The molecule has 0 aromatic carbocycles. The summed E-state index contributed by atoms with van der Waals surface area (Å²) in [7, 11) is 0. The van der Waals surface area contributed by atoms with E-state index in [1.807, 2.05) is 0 Å². The van der Waals surface area contributed by atoms with Gasteiger partial charge in [-0.3, -0.25) is 4.90 Å². The molecule has 1 aromatic rings. The molecule has 5 heteroatoms. The van der Waals surface area contributed by atoms with Gasteiger partial charge in [-0.05, 0) is 44.2 Å². The third-order valence-corrected chi connectivity index (χ3v) is 4.89. The highest BCUT2D eigenvalue weighted by Crippen LogP contribution is 2.31. The van der Waals surface area contributed by atoms with E-state index >= 15 is 0 Å². The normalized spacial score (nSPS) is 24.8. The van der Waals surface area contributed by atoms with Gasteiger partial charge < -0.3 is 5.32 Å². The zero-order valence-electron chi connectivity index (χ0n) is 12.9. The Labute approximate surface area is 126 Å². The molecule has 2 fully saturated rings. The number of fused-ring (bicyclic) bond motifs is 1. The number of nitrogens with one attached hydrogen (secondary N) is 1. The van der Waals surface area contributed by atoms with Crippen LogP contribution in [-0.2, 0) is 12.8 Å². The van der Waals surface area contributed by atoms with E-state index in [9.17, 15) is 5.26 Å². The Morgan fingerprint density at radius 1 is 1.24 bits per heavy atom. The molecule has 0 spiro atoms. The number of aryl methyl sites for hydroxylation is 1. The van der Waals surface area contributed by atoms with Crippen LogP contribution in [0.3, 0.4) is 0 Å². The summed E-state index contributed by atoms with van der Waals surface area (Å²) in [4.78, 5) is 2.55. The van der Waals surface area contributed by atoms with E-state index in [1.54, 1.807) is 0 Å². The quantitative estimate of drug-likeness (QED) is 0.918. The van der Waals surface area contributed by atoms with Crippen LogP contribution < -0.4 is 5.32 Å². The maximum Gasteiger partial charge on any atom is 0.167 e. The number of hydrogen-bond donors (Lipinski definition) is 1. The maximum absolute atomic E-state index is 9.54. The van der Waals surface area contributed by atoms with Crippen LogP contribution in [0.5, 0.6) is 0 Å². The lowest BCUT2D eigenvalue weighted by atomic mass is 10.0. The first kappa shape index (κ1) is 14.3. The molecule has 2 unspecified atom stereocenters. The molecule has 0 amide bonds. The summed E-state index contributed by atoms with van der Waals surface area (Å²) in [5.74, 6) is 0.685. The molecule has 2 saturated heterocycles. The fourth-order valence-corrected chi connectivity index (χ4v) is 3.82. The van der Waals surface area contributed by atoms with E-state index in [2.05, 4.69) is 40.3 Å². The van der Waals surface area contributed by atoms with Gasteiger partial charge in [0, 0.05) is 18.6 Å². The summed E-state index contributed by atoms with van der Waals surface area (Å²) in [5.41, 5.74) is 2.70. The minimum atomic E-state index is 0.408. The first-order valence-corrected chi connectivity index (χ1v) is 8.07. The lowest BCUT2D eigenvalue weighted by Crippen LogP contribution is -2.34. The molecule has 2 aliphatic heterocycles. The molecule has 3 rings (SSSR count). The van der Waals surface area contributed by atoms with E-state index in [1.165, 1.54) is 19.4 Å². The number of nitrogens with zero attached hydrogens (tertiary/aromatic N) is 4. The summed E-state index contributed by atoms with van der Waals surface area (Å²) < 4.78 is 0. The minimum Gasteiger partial charge on any atom is -0.363 e. The van der Waals surface area contributed by atoms with Gasteiger partial charge in [-0.2, -0.15) is 10.4 Å². The Morgan fingerprint density at radius 3 is 2.81 bits per heavy atom. The Balaban J connectivity index is 1.87. The Morgan fingerprint density at radius 2 is 2.10 bits per heavy atom. The van der Waals surface area contributed by atoms with Crippen molar-refractivity contribution in [3.8, 4) is 6.07 Å². The van der Waals surface area contributed by atoms with E-state index < -0.39 is 0 Å². The summed E-state index contributed by atoms with van der Waals surface area (Å²) in [6.07, 6.45) is 5.32.